The van der Waals surface area contributed by atoms with Crippen molar-refractivity contribution in [3.63, 3.8) is 0 Å². The van der Waals surface area contributed by atoms with Crippen molar-refractivity contribution in [2.75, 3.05) is 23.8 Å². The molecule has 0 aliphatic carbocycles. The summed E-state index contributed by atoms with van der Waals surface area (Å²) >= 11 is 5.84. The van der Waals surface area contributed by atoms with E-state index in [4.69, 9.17) is 21.1 Å². The molecular formula is C27H27ClN4O5. The smallest absolute Gasteiger partial charge is 0.329 e. The fraction of sp³-hybridized carbons (Fsp3) is 0.185. The average molecular weight is 523 g/mol. The second kappa shape index (κ2) is 14.3. The molecule has 3 amide bonds. The van der Waals surface area contributed by atoms with Crippen LogP contribution in [0.15, 0.2) is 77.9 Å². The Bertz CT molecular complexity index is 1230. The molecule has 0 bridgehead atoms. The number of hydrogen-bond donors (Lipinski definition) is 3. The van der Waals surface area contributed by atoms with Crippen LogP contribution in [0.1, 0.15) is 25.3 Å². The highest BCUT2D eigenvalue weighted by atomic mass is 35.5. The van der Waals surface area contributed by atoms with E-state index in [1.54, 1.807) is 72.8 Å². The van der Waals surface area contributed by atoms with Crippen LogP contribution in [0.3, 0.4) is 0 Å². The lowest BCUT2D eigenvalue weighted by Crippen LogP contribution is -2.32. The first kappa shape index (κ1) is 27.2. The number of unbranched alkanes of at least 4 members (excludes halogenated alkanes) is 1. The van der Waals surface area contributed by atoms with Crippen molar-refractivity contribution in [2.45, 2.75) is 19.8 Å². The summed E-state index contributed by atoms with van der Waals surface area (Å²) in [5.41, 5.74) is 3.71. The molecule has 0 heterocycles. The number of carbonyl (C=O) groups is 3. The Morgan fingerprint density at radius 3 is 2.27 bits per heavy atom. The Morgan fingerprint density at radius 2 is 1.54 bits per heavy atom. The molecule has 10 heteroatoms. The topological polar surface area (TPSA) is 118 Å². The molecule has 37 heavy (non-hydrogen) atoms. The number of anilines is 2. The highest BCUT2D eigenvalue weighted by Gasteiger charge is 2.13. The Kier molecular flexibility index (Phi) is 10.5. The van der Waals surface area contributed by atoms with Crippen molar-refractivity contribution in [3.8, 4) is 11.5 Å². The zero-order valence-electron chi connectivity index (χ0n) is 20.2. The first-order valence-corrected chi connectivity index (χ1v) is 12.0. The first-order chi connectivity index (χ1) is 17.9. The molecule has 3 aromatic carbocycles. The van der Waals surface area contributed by atoms with Crippen molar-refractivity contribution < 1.29 is 23.9 Å². The van der Waals surface area contributed by atoms with E-state index in [-0.39, 0.29) is 12.5 Å². The molecule has 0 radical (unpaired) electrons. The average Bonchev–Trinajstić information content (AvgIpc) is 2.90. The van der Waals surface area contributed by atoms with Gasteiger partial charge in [0, 0.05) is 22.0 Å². The monoisotopic (exact) mass is 522 g/mol. The number of halogens is 1. The molecule has 3 aromatic rings. The molecule has 0 unspecified atom stereocenters. The molecule has 0 aromatic heterocycles. The van der Waals surface area contributed by atoms with Gasteiger partial charge in [-0.05, 0) is 67.1 Å². The standard InChI is InChI=1S/C27H27ClN4O5/c1-2-3-16-36-23-14-12-22(13-15-23)31-26(34)27(35)32-29-17-19-6-4-5-7-24(19)37-18-25(33)30-21-10-8-20(28)9-11-21/h4-15,17H,2-3,16,18H2,1H3,(H,30,33)(H,31,34)(H,32,35)/b29-17-. The third kappa shape index (κ3) is 9.30. The molecule has 0 saturated carbocycles. The lowest BCUT2D eigenvalue weighted by Gasteiger charge is -2.09. The van der Waals surface area contributed by atoms with Gasteiger partial charge < -0.3 is 20.1 Å². The second-order valence-electron chi connectivity index (χ2n) is 7.76. The maximum atomic E-state index is 12.2. The molecule has 0 atom stereocenters. The number of para-hydroxylation sites is 1. The second-order valence-corrected chi connectivity index (χ2v) is 8.20. The number of rotatable bonds is 11. The van der Waals surface area contributed by atoms with Crippen LogP contribution in [0.4, 0.5) is 11.4 Å². The van der Waals surface area contributed by atoms with Gasteiger partial charge in [-0.3, -0.25) is 14.4 Å². The number of carbonyl (C=O) groups excluding carboxylic acids is 3. The van der Waals surface area contributed by atoms with E-state index in [1.807, 2.05) is 0 Å². The Balaban J connectivity index is 1.47. The summed E-state index contributed by atoms with van der Waals surface area (Å²) in [6, 6.07) is 20.2. The van der Waals surface area contributed by atoms with Gasteiger partial charge in [-0.25, -0.2) is 5.43 Å². The van der Waals surface area contributed by atoms with Crippen LogP contribution in [0.5, 0.6) is 11.5 Å². The number of benzene rings is 3. The van der Waals surface area contributed by atoms with E-state index in [2.05, 4.69) is 28.1 Å². The normalized spacial score (nSPS) is 10.5. The summed E-state index contributed by atoms with van der Waals surface area (Å²) in [5.74, 6) is -1.12. The molecule has 0 aliphatic rings. The predicted molar refractivity (Wildman–Crippen MR) is 143 cm³/mol. The number of hydrazone groups is 1. The van der Waals surface area contributed by atoms with Gasteiger partial charge in [-0.1, -0.05) is 37.1 Å². The zero-order chi connectivity index (χ0) is 26.5. The lowest BCUT2D eigenvalue weighted by molar-refractivity contribution is -0.136. The molecule has 3 rings (SSSR count). The van der Waals surface area contributed by atoms with E-state index in [0.717, 1.165) is 12.8 Å². The van der Waals surface area contributed by atoms with Crippen LogP contribution in [0.2, 0.25) is 5.02 Å². The van der Waals surface area contributed by atoms with E-state index in [9.17, 15) is 14.4 Å². The van der Waals surface area contributed by atoms with Gasteiger partial charge in [0.1, 0.15) is 11.5 Å². The van der Waals surface area contributed by atoms with Gasteiger partial charge in [-0.15, -0.1) is 0 Å². The number of ether oxygens (including phenoxy) is 2. The van der Waals surface area contributed by atoms with Crippen molar-refractivity contribution in [1.29, 1.82) is 0 Å². The summed E-state index contributed by atoms with van der Waals surface area (Å²) in [7, 11) is 0. The van der Waals surface area contributed by atoms with E-state index >= 15 is 0 Å². The third-order valence-electron chi connectivity index (χ3n) is 4.86. The molecule has 0 aliphatic heterocycles. The fourth-order valence-corrected chi connectivity index (χ4v) is 3.09. The third-order valence-corrected chi connectivity index (χ3v) is 5.11. The lowest BCUT2D eigenvalue weighted by atomic mass is 10.2. The fourth-order valence-electron chi connectivity index (χ4n) is 2.96. The van der Waals surface area contributed by atoms with E-state index in [0.29, 0.717) is 40.1 Å². The summed E-state index contributed by atoms with van der Waals surface area (Å²) in [6.45, 7) is 2.45. The van der Waals surface area contributed by atoms with Crippen molar-refractivity contribution >= 4 is 46.9 Å². The van der Waals surface area contributed by atoms with E-state index in [1.165, 1.54) is 6.21 Å². The minimum absolute atomic E-state index is 0.245. The minimum Gasteiger partial charge on any atom is -0.494 e. The highest BCUT2D eigenvalue weighted by Crippen LogP contribution is 2.18. The molecule has 0 spiro atoms. The maximum absolute atomic E-state index is 12.2. The predicted octanol–water partition coefficient (Wildman–Crippen LogP) is 4.63. The Labute approximate surface area is 219 Å². The van der Waals surface area contributed by atoms with Crippen molar-refractivity contribution in [3.05, 3.63) is 83.4 Å². The van der Waals surface area contributed by atoms with Crippen LogP contribution < -0.4 is 25.5 Å². The summed E-state index contributed by atoms with van der Waals surface area (Å²) in [4.78, 5) is 36.5. The van der Waals surface area contributed by atoms with Crippen LogP contribution >= 0.6 is 11.6 Å². The Morgan fingerprint density at radius 1 is 0.865 bits per heavy atom. The van der Waals surface area contributed by atoms with E-state index < -0.39 is 11.8 Å². The van der Waals surface area contributed by atoms with Crippen molar-refractivity contribution in [1.82, 2.24) is 5.43 Å². The maximum Gasteiger partial charge on any atom is 0.329 e. The van der Waals surface area contributed by atoms with Gasteiger partial charge >= 0.3 is 11.8 Å². The molecule has 0 fully saturated rings. The Hall–Kier alpha value is -4.37. The van der Waals surface area contributed by atoms with Crippen LogP contribution in [-0.4, -0.2) is 37.1 Å². The largest absolute Gasteiger partial charge is 0.494 e. The quantitative estimate of drug-likeness (QED) is 0.147. The number of amides is 3. The molecule has 0 saturated heterocycles. The van der Waals surface area contributed by atoms with Crippen LogP contribution in [0, 0.1) is 0 Å². The molecule has 9 nitrogen and oxygen atoms in total. The molecule has 192 valence electrons. The van der Waals surface area contributed by atoms with Gasteiger partial charge in [0.2, 0.25) is 0 Å². The zero-order valence-corrected chi connectivity index (χ0v) is 21.0. The van der Waals surface area contributed by atoms with Gasteiger partial charge in [-0.2, -0.15) is 5.10 Å². The molecular weight excluding hydrogens is 496 g/mol. The minimum atomic E-state index is -0.944. The SMILES string of the molecule is CCCCOc1ccc(NC(=O)C(=O)N/N=C\c2ccccc2OCC(=O)Nc2ccc(Cl)cc2)cc1. The van der Waals surface area contributed by atoms with Gasteiger partial charge in [0.15, 0.2) is 6.61 Å². The summed E-state index contributed by atoms with van der Waals surface area (Å²) < 4.78 is 11.2. The summed E-state index contributed by atoms with van der Waals surface area (Å²) in [5, 5.41) is 9.58. The van der Waals surface area contributed by atoms with Crippen molar-refractivity contribution in [2.24, 2.45) is 5.10 Å². The number of nitrogens with zero attached hydrogens (tertiary/aromatic N) is 1. The van der Waals surface area contributed by atoms with Crippen LogP contribution in [-0.2, 0) is 14.4 Å². The van der Waals surface area contributed by atoms with Crippen LogP contribution in [0.25, 0.3) is 0 Å². The highest BCUT2D eigenvalue weighted by molar-refractivity contribution is 6.39. The van der Waals surface area contributed by atoms with Gasteiger partial charge in [0.25, 0.3) is 5.91 Å². The summed E-state index contributed by atoms with van der Waals surface area (Å²) in [6.07, 6.45) is 3.31. The van der Waals surface area contributed by atoms with Gasteiger partial charge in [0.05, 0.1) is 12.8 Å². The number of nitrogens with one attached hydrogen (secondary N) is 3. The number of hydrogen-bond acceptors (Lipinski definition) is 6. The molecule has 3 N–H and O–H groups in total. The first-order valence-electron chi connectivity index (χ1n) is 11.6.